The Bertz CT molecular complexity index is 395. The van der Waals surface area contributed by atoms with Crippen LogP contribution in [0.5, 0.6) is 5.88 Å². The fraction of sp³-hybridized carbons (Fsp3) is 0.667. The predicted octanol–water partition coefficient (Wildman–Crippen LogP) is 1.45. The number of aliphatic hydroxyl groups excluding tert-OH is 1. The van der Waals surface area contributed by atoms with E-state index in [1.54, 1.807) is 6.07 Å². The van der Waals surface area contributed by atoms with Crippen LogP contribution in [0.1, 0.15) is 27.2 Å². The third-order valence-electron chi connectivity index (χ3n) is 3.47. The lowest BCUT2D eigenvalue weighted by molar-refractivity contribution is -0.0511. The van der Waals surface area contributed by atoms with Crippen LogP contribution in [-0.4, -0.2) is 33.8 Å². The third kappa shape index (κ3) is 2.34. The Morgan fingerprint density at radius 1 is 1.53 bits per heavy atom. The molecule has 1 aliphatic rings. The molecule has 2 rings (SSSR count). The molecule has 5 nitrogen and oxygen atoms in total. The molecule has 0 aromatic carbocycles. The number of aromatic nitrogens is 2. The van der Waals surface area contributed by atoms with Crippen LogP contribution in [-0.2, 0) is 0 Å². The molecule has 1 heterocycles. The molecule has 0 saturated heterocycles. The third-order valence-corrected chi connectivity index (χ3v) is 3.47. The largest absolute Gasteiger partial charge is 0.478 e. The van der Waals surface area contributed by atoms with Crippen molar-refractivity contribution in [3.63, 3.8) is 0 Å². The lowest BCUT2D eigenvalue weighted by atomic mass is 9.64. The van der Waals surface area contributed by atoms with Gasteiger partial charge < -0.3 is 15.2 Å². The molecule has 0 spiro atoms. The van der Waals surface area contributed by atoms with Crippen molar-refractivity contribution in [2.45, 2.75) is 39.3 Å². The van der Waals surface area contributed by atoms with Gasteiger partial charge in [-0.3, -0.25) is 0 Å². The van der Waals surface area contributed by atoms with Gasteiger partial charge in [-0.05, 0) is 13.3 Å². The maximum atomic E-state index is 9.67. The first-order chi connectivity index (χ1) is 8.04. The Morgan fingerprint density at radius 3 is 2.88 bits per heavy atom. The van der Waals surface area contributed by atoms with E-state index in [-0.39, 0.29) is 17.6 Å². The highest BCUT2D eigenvalue weighted by Crippen LogP contribution is 2.42. The van der Waals surface area contributed by atoms with Crippen molar-refractivity contribution in [3.8, 4) is 5.88 Å². The number of hydrogen-bond donors (Lipinski definition) is 2. The molecule has 17 heavy (non-hydrogen) atoms. The van der Waals surface area contributed by atoms with Crippen LogP contribution in [0.4, 0.5) is 5.82 Å². The summed E-state index contributed by atoms with van der Waals surface area (Å²) < 4.78 is 5.31. The van der Waals surface area contributed by atoms with Gasteiger partial charge in [-0.25, -0.2) is 9.97 Å². The quantitative estimate of drug-likeness (QED) is 0.829. The van der Waals surface area contributed by atoms with Crippen LogP contribution in [0.3, 0.4) is 0 Å². The molecular formula is C12H19N3O2. The molecule has 5 heteroatoms. The van der Waals surface area contributed by atoms with Gasteiger partial charge in [0.05, 0.1) is 12.7 Å². The number of rotatable bonds is 4. The van der Waals surface area contributed by atoms with Crippen molar-refractivity contribution in [1.82, 2.24) is 9.97 Å². The topological polar surface area (TPSA) is 67.3 Å². The molecule has 0 bridgehead atoms. The average molecular weight is 237 g/mol. The highest BCUT2D eigenvalue weighted by molar-refractivity contribution is 5.40. The second-order valence-electron chi connectivity index (χ2n) is 4.94. The lowest BCUT2D eigenvalue weighted by Crippen LogP contribution is -2.57. The molecule has 1 aromatic rings. The molecule has 2 unspecified atom stereocenters. The summed E-state index contributed by atoms with van der Waals surface area (Å²) in [5.41, 5.74) is -0.114. The summed E-state index contributed by atoms with van der Waals surface area (Å²) in [6.07, 6.45) is 1.99. The van der Waals surface area contributed by atoms with E-state index in [2.05, 4.69) is 15.3 Å². The minimum Gasteiger partial charge on any atom is -0.478 e. The number of nitrogens with zero attached hydrogens (tertiary/aromatic N) is 2. The van der Waals surface area contributed by atoms with Gasteiger partial charge in [0.1, 0.15) is 12.1 Å². The van der Waals surface area contributed by atoms with Crippen molar-refractivity contribution in [3.05, 3.63) is 12.4 Å². The monoisotopic (exact) mass is 237 g/mol. The maximum absolute atomic E-state index is 9.67. The molecule has 0 aliphatic heterocycles. The summed E-state index contributed by atoms with van der Waals surface area (Å²) in [5, 5.41) is 13.0. The molecule has 0 radical (unpaired) electrons. The van der Waals surface area contributed by atoms with Gasteiger partial charge in [-0.1, -0.05) is 13.8 Å². The van der Waals surface area contributed by atoms with E-state index in [9.17, 15) is 5.11 Å². The highest BCUT2D eigenvalue weighted by atomic mass is 16.5. The Morgan fingerprint density at radius 2 is 2.29 bits per heavy atom. The minimum atomic E-state index is -0.242. The summed E-state index contributed by atoms with van der Waals surface area (Å²) >= 11 is 0. The van der Waals surface area contributed by atoms with E-state index >= 15 is 0 Å². The van der Waals surface area contributed by atoms with Crippen molar-refractivity contribution >= 4 is 5.82 Å². The molecule has 1 aliphatic carbocycles. The summed E-state index contributed by atoms with van der Waals surface area (Å²) in [6, 6.07) is 2.02. The highest BCUT2D eigenvalue weighted by Gasteiger charge is 2.47. The van der Waals surface area contributed by atoms with E-state index in [4.69, 9.17) is 4.74 Å². The number of hydrogen-bond acceptors (Lipinski definition) is 5. The van der Waals surface area contributed by atoms with Crippen LogP contribution >= 0.6 is 0 Å². The molecule has 1 fully saturated rings. The van der Waals surface area contributed by atoms with Crippen LogP contribution in [0, 0.1) is 5.41 Å². The fourth-order valence-corrected chi connectivity index (χ4v) is 1.97. The van der Waals surface area contributed by atoms with Gasteiger partial charge in [0.25, 0.3) is 0 Å². The van der Waals surface area contributed by atoms with Crippen molar-refractivity contribution in [2.75, 3.05) is 11.9 Å². The smallest absolute Gasteiger partial charge is 0.218 e. The van der Waals surface area contributed by atoms with Gasteiger partial charge >= 0.3 is 0 Å². The number of nitrogens with one attached hydrogen (secondary N) is 1. The molecule has 1 saturated carbocycles. The standard InChI is InChI=1S/C12H19N3O2/c1-4-17-11-6-10(13-7-14-11)15-8-5-9(16)12(8,2)3/h6-9,16H,4-5H2,1-3H3,(H,13,14,15). The first-order valence-corrected chi connectivity index (χ1v) is 5.93. The predicted molar refractivity (Wildman–Crippen MR) is 65.0 cm³/mol. The molecule has 0 amide bonds. The van der Waals surface area contributed by atoms with Crippen LogP contribution in [0.25, 0.3) is 0 Å². The number of aliphatic hydroxyl groups is 1. The van der Waals surface area contributed by atoms with Crippen molar-refractivity contribution in [1.29, 1.82) is 0 Å². The molecule has 2 N–H and O–H groups in total. The zero-order chi connectivity index (χ0) is 12.5. The lowest BCUT2D eigenvalue weighted by Gasteiger charge is -2.49. The van der Waals surface area contributed by atoms with E-state index in [1.165, 1.54) is 6.33 Å². The summed E-state index contributed by atoms with van der Waals surface area (Å²) in [4.78, 5) is 8.16. The molecule has 1 aromatic heterocycles. The van der Waals surface area contributed by atoms with E-state index < -0.39 is 0 Å². The number of anilines is 1. The Balaban J connectivity index is 2.02. The number of ether oxygens (including phenoxy) is 1. The van der Waals surface area contributed by atoms with Gasteiger partial charge in [0.15, 0.2) is 0 Å². The second kappa shape index (κ2) is 4.49. The van der Waals surface area contributed by atoms with Gasteiger partial charge in [-0.15, -0.1) is 0 Å². The minimum absolute atomic E-state index is 0.114. The average Bonchev–Trinajstić information content (AvgIpc) is 2.30. The van der Waals surface area contributed by atoms with E-state index in [1.807, 2.05) is 20.8 Å². The molecule has 94 valence electrons. The Hall–Kier alpha value is -1.36. The summed E-state index contributed by atoms with van der Waals surface area (Å²) in [7, 11) is 0. The normalized spacial score (nSPS) is 26.1. The van der Waals surface area contributed by atoms with Crippen molar-refractivity contribution < 1.29 is 9.84 Å². The van der Waals surface area contributed by atoms with Gasteiger partial charge in [0.2, 0.25) is 5.88 Å². The SMILES string of the molecule is CCOc1cc(NC2CC(O)C2(C)C)ncn1. The summed E-state index contributed by atoms with van der Waals surface area (Å²) in [6.45, 7) is 6.59. The second-order valence-corrected chi connectivity index (χ2v) is 4.94. The zero-order valence-electron chi connectivity index (χ0n) is 10.5. The summed E-state index contributed by atoms with van der Waals surface area (Å²) in [5.74, 6) is 1.32. The van der Waals surface area contributed by atoms with E-state index in [0.29, 0.717) is 12.5 Å². The van der Waals surface area contributed by atoms with Crippen molar-refractivity contribution in [2.24, 2.45) is 5.41 Å². The van der Waals surface area contributed by atoms with Gasteiger partial charge in [0, 0.05) is 17.5 Å². The molecular weight excluding hydrogens is 218 g/mol. The maximum Gasteiger partial charge on any atom is 0.218 e. The fourth-order valence-electron chi connectivity index (χ4n) is 1.97. The zero-order valence-corrected chi connectivity index (χ0v) is 10.5. The van der Waals surface area contributed by atoms with E-state index in [0.717, 1.165) is 12.2 Å². The first kappa shape index (κ1) is 12.1. The Kier molecular flexibility index (Phi) is 3.19. The van der Waals surface area contributed by atoms with Crippen LogP contribution in [0.15, 0.2) is 12.4 Å². The van der Waals surface area contributed by atoms with Gasteiger partial charge in [-0.2, -0.15) is 0 Å². The van der Waals surface area contributed by atoms with Crippen LogP contribution < -0.4 is 10.1 Å². The first-order valence-electron chi connectivity index (χ1n) is 5.93. The molecule has 2 atom stereocenters. The van der Waals surface area contributed by atoms with Crippen LogP contribution in [0.2, 0.25) is 0 Å². The Labute approximate surface area is 101 Å².